The van der Waals surface area contributed by atoms with Gasteiger partial charge in [0.15, 0.2) is 0 Å². The molecule has 0 saturated heterocycles. The van der Waals surface area contributed by atoms with Crippen LogP contribution in [0.1, 0.15) is 11.9 Å². The molecule has 2 heterocycles. The average Bonchev–Trinajstić information content (AvgIpc) is 2.89. The zero-order chi connectivity index (χ0) is 13.0. The molecule has 0 aromatic carbocycles. The first-order valence-electron chi connectivity index (χ1n) is 5.20. The predicted octanol–water partition coefficient (Wildman–Crippen LogP) is 0.181. The molecule has 0 amide bonds. The Morgan fingerprint density at radius 3 is 2.78 bits per heavy atom. The SMILES string of the molecule is COCC(N)c1nc(-c2ccc(OC)nn2)no1. The van der Waals surface area contributed by atoms with Crippen LogP contribution in [0.2, 0.25) is 0 Å². The van der Waals surface area contributed by atoms with Crippen LogP contribution in [0.3, 0.4) is 0 Å². The first kappa shape index (κ1) is 12.4. The lowest BCUT2D eigenvalue weighted by Gasteiger charge is -2.02. The van der Waals surface area contributed by atoms with Crippen molar-refractivity contribution in [2.24, 2.45) is 5.73 Å². The Labute approximate surface area is 103 Å². The fraction of sp³-hybridized carbons (Fsp3) is 0.400. The van der Waals surface area contributed by atoms with Crippen molar-refractivity contribution in [3.05, 3.63) is 18.0 Å². The maximum atomic E-state index is 5.77. The number of hydrogen-bond acceptors (Lipinski definition) is 8. The molecule has 0 spiro atoms. The lowest BCUT2D eigenvalue weighted by atomic mass is 10.3. The normalized spacial score (nSPS) is 12.4. The largest absolute Gasteiger partial charge is 0.480 e. The molecule has 18 heavy (non-hydrogen) atoms. The molecule has 1 atom stereocenters. The Kier molecular flexibility index (Phi) is 3.80. The standard InChI is InChI=1S/C10H13N5O3/c1-16-5-6(11)10-12-9(15-18-10)7-3-4-8(17-2)14-13-7/h3-4,6H,5,11H2,1-2H3. The molecule has 0 fully saturated rings. The van der Waals surface area contributed by atoms with Gasteiger partial charge in [-0.3, -0.25) is 0 Å². The fourth-order valence-electron chi connectivity index (χ4n) is 1.29. The zero-order valence-electron chi connectivity index (χ0n) is 10.0. The van der Waals surface area contributed by atoms with Gasteiger partial charge in [-0.05, 0) is 6.07 Å². The molecule has 0 aliphatic carbocycles. The van der Waals surface area contributed by atoms with E-state index in [9.17, 15) is 0 Å². The number of nitrogens with two attached hydrogens (primary N) is 1. The lowest BCUT2D eigenvalue weighted by Crippen LogP contribution is -2.16. The average molecular weight is 251 g/mol. The van der Waals surface area contributed by atoms with Gasteiger partial charge in [-0.1, -0.05) is 5.16 Å². The molecule has 0 radical (unpaired) electrons. The molecular weight excluding hydrogens is 238 g/mol. The third-order valence-electron chi connectivity index (χ3n) is 2.18. The van der Waals surface area contributed by atoms with Crippen LogP contribution in [0, 0.1) is 0 Å². The molecule has 96 valence electrons. The smallest absolute Gasteiger partial charge is 0.246 e. The summed E-state index contributed by atoms with van der Waals surface area (Å²) in [5.41, 5.74) is 6.25. The van der Waals surface area contributed by atoms with Gasteiger partial charge in [-0.25, -0.2) is 0 Å². The van der Waals surface area contributed by atoms with Crippen LogP contribution in [0.15, 0.2) is 16.7 Å². The van der Waals surface area contributed by atoms with Gasteiger partial charge < -0.3 is 19.7 Å². The Morgan fingerprint density at radius 1 is 1.33 bits per heavy atom. The van der Waals surface area contributed by atoms with Gasteiger partial charge in [-0.2, -0.15) is 4.98 Å². The second-order valence-electron chi connectivity index (χ2n) is 3.48. The molecule has 8 heteroatoms. The molecule has 2 aromatic heterocycles. The summed E-state index contributed by atoms with van der Waals surface area (Å²) in [5.74, 6) is 1.04. The van der Waals surface area contributed by atoms with Crippen molar-refractivity contribution in [2.45, 2.75) is 6.04 Å². The Morgan fingerprint density at radius 2 is 2.17 bits per heavy atom. The van der Waals surface area contributed by atoms with Crippen LogP contribution in [-0.4, -0.2) is 41.2 Å². The summed E-state index contributed by atoms with van der Waals surface area (Å²) < 4.78 is 14.8. The summed E-state index contributed by atoms with van der Waals surface area (Å²) in [6, 6.07) is 2.89. The Balaban J connectivity index is 2.18. The van der Waals surface area contributed by atoms with Gasteiger partial charge in [0.1, 0.15) is 11.7 Å². The second kappa shape index (κ2) is 5.52. The number of hydrogen-bond donors (Lipinski definition) is 1. The van der Waals surface area contributed by atoms with Gasteiger partial charge in [-0.15, -0.1) is 10.2 Å². The van der Waals surface area contributed by atoms with E-state index in [1.165, 1.54) is 7.11 Å². The highest BCUT2D eigenvalue weighted by Crippen LogP contribution is 2.16. The molecule has 0 aliphatic heterocycles. The van der Waals surface area contributed by atoms with Crippen LogP contribution in [0.4, 0.5) is 0 Å². The molecule has 0 saturated carbocycles. The maximum Gasteiger partial charge on any atom is 0.246 e. The van der Waals surface area contributed by atoms with Crippen molar-refractivity contribution < 1.29 is 14.0 Å². The van der Waals surface area contributed by atoms with E-state index in [-0.39, 0.29) is 0 Å². The number of aromatic nitrogens is 4. The van der Waals surface area contributed by atoms with E-state index >= 15 is 0 Å². The first-order valence-corrected chi connectivity index (χ1v) is 5.20. The van der Waals surface area contributed by atoms with E-state index in [1.807, 2.05) is 0 Å². The second-order valence-corrected chi connectivity index (χ2v) is 3.48. The minimum Gasteiger partial charge on any atom is -0.480 e. The molecule has 0 aliphatic rings. The fourth-order valence-corrected chi connectivity index (χ4v) is 1.29. The molecule has 0 bridgehead atoms. The highest BCUT2D eigenvalue weighted by atomic mass is 16.5. The molecule has 2 N–H and O–H groups in total. The number of ether oxygens (including phenoxy) is 2. The van der Waals surface area contributed by atoms with Crippen molar-refractivity contribution >= 4 is 0 Å². The van der Waals surface area contributed by atoms with Crippen LogP contribution >= 0.6 is 0 Å². The lowest BCUT2D eigenvalue weighted by molar-refractivity contribution is 0.166. The van der Waals surface area contributed by atoms with Crippen molar-refractivity contribution in [1.29, 1.82) is 0 Å². The van der Waals surface area contributed by atoms with Gasteiger partial charge in [0.05, 0.1) is 13.7 Å². The number of rotatable bonds is 5. The summed E-state index contributed by atoms with van der Waals surface area (Å²) in [6.45, 7) is 0.302. The number of nitrogens with zero attached hydrogens (tertiary/aromatic N) is 4. The van der Waals surface area contributed by atoms with Crippen LogP contribution in [-0.2, 0) is 4.74 Å². The topological polar surface area (TPSA) is 109 Å². The minimum atomic E-state index is -0.456. The Bertz CT molecular complexity index is 498. The van der Waals surface area contributed by atoms with Gasteiger partial charge in [0, 0.05) is 13.2 Å². The first-order chi connectivity index (χ1) is 8.74. The van der Waals surface area contributed by atoms with Crippen molar-refractivity contribution in [3.8, 4) is 17.4 Å². The molecule has 1 unspecified atom stereocenters. The van der Waals surface area contributed by atoms with Crippen LogP contribution < -0.4 is 10.5 Å². The minimum absolute atomic E-state index is 0.296. The third-order valence-corrected chi connectivity index (χ3v) is 2.18. The number of methoxy groups -OCH3 is 2. The highest BCUT2D eigenvalue weighted by molar-refractivity contribution is 5.47. The summed E-state index contributed by atoms with van der Waals surface area (Å²) >= 11 is 0. The van der Waals surface area contributed by atoms with Gasteiger partial charge >= 0.3 is 0 Å². The molecule has 2 aromatic rings. The molecular formula is C10H13N5O3. The Hall–Kier alpha value is -2.06. The molecule has 8 nitrogen and oxygen atoms in total. The monoisotopic (exact) mass is 251 g/mol. The quantitative estimate of drug-likeness (QED) is 0.801. The zero-order valence-corrected chi connectivity index (χ0v) is 10.0. The van der Waals surface area contributed by atoms with Crippen molar-refractivity contribution in [2.75, 3.05) is 20.8 Å². The van der Waals surface area contributed by atoms with Gasteiger partial charge in [0.25, 0.3) is 0 Å². The summed E-state index contributed by atoms with van der Waals surface area (Å²) in [7, 11) is 3.06. The molecule has 2 rings (SSSR count). The van der Waals surface area contributed by atoms with Crippen molar-refractivity contribution in [3.63, 3.8) is 0 Å². The van der Waals surface area contributed by atoms with Crippen LogP contribution in [0.25, 0.3) is 11.5 Å². The van der Waals surface area contributed by atoms with E-state index in [1.54, 1.807) is 19.2 Å². The summed E-state index contributed by atoms with van der Waals surface area (Å²) in [4.78, 5) is 4.13. The van der Waals surface area contributed by atoms with E-state index < -0.39 is 6.04 Å². The van der Waals surface area contributed by atoms with E-state index in [4.69, 9.17) is 19.7 Å². The summed E-state index contributed by atoms with van der Waals surface area (Å²) in [5, 5.41) is 11.5. The van der Waals surface area contributed by atoms with E-state index in [0.717, 1.165) is 0 Å². The van der Waals surface area contributed by atoms with Crippen LogP contribution in [0.5, 0.6) is 5.88 Å². The summed E-state index contributed by atoms with van der Waals surface area (Å²) in [6.07, 6.45) is 0. The third kappa shape index (κ3) is 2.60. The predicted molar refractivity (Wildman–Crippen MR) is 60.7 cm³/mol. The maximum absolute atomic E-state index is 5.77. The van der Waals surface area contributed by atoms with E-state index in [2.05, 4.69) is 20.3 Å². The highest BCUT2D eigenvalue weighted by Gasteiger charge is 2.16. The van der Waals surface area contributed by atoms with Gasteiger partial charge in [0.2, 0.25) is 17.6 Å². The van der Waals surface area contributed by atoms with E-state index in [0.29, 0.717) is 29.9 Å². The van der Waals surface area contributed by atoms with Crippen molar-refractivity contribution in [1.82, 2.24) is 20.3 Å².